The molecule has 6 aromatic carbocycles. The van der Waals surface area contributed by atoms with Crippen LogP contribution in [0.1, 0.15) is 66.5 Å². The lowest BCUT2D eigenvalue weighted by Crippen LogP contribution is -2.28. The van der Waals surface area contributed by atoms with Crippen molar-refractivity contribution in [3.63, 3.8) is 0 Å². The lowest BCUT2D eigenvalue weighted by atomic mass is 9.65. The first-order chi connectivity index (χ1) is 28.0. The van der Waals surface area contributed by atoms with Crippen LogP contribution in [0.3, 0.4) is 0 Å². The average Bonchev–Trinajstić information content (AvgIpc) is 3.50. The van der Waals surface area contributed by atoms with Gasteiger partial charge in [0.1, 0.15) is 5.84 Å². The van der Waals surface area contributed by atoms with Gasteiger partial charge in [0.15, 0.2) is 0 Å². The molecule has 1 atom stereocenters. The van der Waals surface area contributed by atoms with Gasteiger partial charge in [-0.1, -0.05) is 189 Å². The number of benzene rings is 6. The van der Waals surface area contributed by atoms with Gasteiger partial charge in [-0.3, -0.25) is 0 Å². The van der Waals surface area contributed by atoms with Gasteiger partial charge < -0.3 is 5.73 Å². The largest absolute Gasteiger partial charge is 0.383 e. The molecule has 2 N–H and O–H groups in total. The highest BCUT2D eigenvalue weighted by Gasteiger charge is 2.46. The van der Waals surface area contributed by atoms with Crippen molar-refractivity contribution in [2.75, 3.05) is 0 Å². The maximum Gasteiger partial charge on any atom is 0.131 e. The summed E-state index contributed by atoms with van der Waals surface area (Å²) in [6.07, 6.45) is 23.8. The molecule has 0 bridgehead atoms. The van der Waals surface area contributed by atoms with Crippen LogP contribution in [0.5, 0.6) is 0 Å². The maximum absolute atomic E-state index is 6.82. The molecule has 0 saturated carbocycles. The van der Waals surface area contributed by atoms with Gasteiger partial charge in [-0.25, -0.2) is 4.99 Å². The summed E-state index contributed by atoms with van der Waals surface area (Å²) in [5.41, 5.74) is 20.0. The third-order valence-electron chi connectivity index (χ3n) is 11.6. The fourth-order valence-corrected chi connectivity index (χ4v) is 9.04. The highest BCUT2D eigenvalue weighted by Crippen LogP contribution is 2.57. The number of fused-ring (bicyclic) bond motifs is 3. The fraction of sp³-hybridized carbons (Fsp3) is 0.109. The van der Waals surface area contributed by atoms with Gasteiger partial charge in [0.2, 0.25) is 0 Å². The van der Waals surface area contributed by atoms with Crippen LogP contribution in [-0.2, 0) is 5.41 Å². The van der Waals surface area contributed by atoms with Gasteiger partial charge in [0.05, 0.1) is 11.1 Å². The summed E-state index contributed by atoms with van der Waals surface area (Å²) in [5.74, 6) is 0.528. The van der Waals surface area contributed by atoms with E-state index in [4.69, 9.17) is 10.7 Å². The summed E-state index contributed by atoms with van der Waals surface area (Å²) in [5, 5.41) is 4.85. The molecule has 0 heterocycles. The molecule has 0 radical (unpaired) electrons. The van der Waals surface area contributed by atoms with Crippen molar-refractivity contribution < 1.29 is 0 Å². The first-order valence-corrected chi connectivity index (χ1v) is 19.9. The van der Waals surface area contributed by atoms with Crippen molar-refractivity contribution >= 4 is 50.8 Å². The van der Waals surface area contributed by atoms with Crippen molar-refractivity contribution in [3.8, 4) is 11.1 Å². The topological polar surface area (TPSA) is 38.4 Å². The Morgan fingerprint density at radius 3 is 2.12 bits per heavy atom. The Hall–Kier alpha value is -6.77. The number of hydrogen-bond donors (Lipinski definition) is 1. The molecule has 2 heteroatoms. The van der Waals surface area contributed by atoms with E-state index in [2.05, 4.69) is 191 Å². The lowest BCUT2D eigenvalue weighted by molar-refractivity contribution is 0.651. The zero-order valence-corrected chi connectivity index (χ0v) is 32.9. The van der Waals surface area contributed by atoms with Gasteiger partial charge in [0, 0.05) is 5.57 Å². The molecular weight excluding hydrogens is 689 g/mol. The smallest absolute Gasteiger partial charge is 0.131 e. The summed E-state index contributed by atoms with van der Waals surface area (Å²) in [6.45, 7) is 12.6. The molecule has 0 aromatic heterocycles. The van der Waals surface area contributed by atoms with E-state index >= 15 is 0 Å². The second-order valence-electron chi connectivity index (χ2n) is 14.8. The summed E-state index contributed by atoms with van der Waals surface area (Å²) < 4.78 is 0. The van der Waals surface area contributed by atoms with Crippen LogP contribution >= 0.6 is 0 Å². The van der Waals surface area contributed by atoms with Crippen LogP contribution in [0.15, 0.2) is 199 Å². The first-order valence-electron chi connectivity index (χ1n) is 19.9. The molecule has 278 valence electrons. The van der Waals surface area contributed by atoms with Crippen molar-refractivity contribution in [2.24, 2.45) is 10.7 Å². The van der Waals surface area contributed by atoms with Crippen LogP contribution in [0.2, 0.25) is 0 Å². The minimum Gasteiger partial charge on any atom is -0.383 e. The van der Waals surface area contributed by atoms with E-state index < -0.39 is 5.41 Å². The Balaban J connectivity index is 1.48. The molecule has 0 amide bonds. The van der Waals surface area contributed by atoms with E-state index in [-0.39, 0.29) is 0 Å². The summed E-state index contributed by atoms with van der Waals surface area (Å²) in [7, 11) is 0. The van der Waals surface area contributed by atoms with Crippen molar-refractivity contribution in [3.05, 3.63) is 228 Å². The van der Waals surface area contributed by atoms with Crippen LogP contribution in [0, 0.1) is 0 Å². The molecule has 1 unspecified atom stereocenters. The van der Waals surface area contributed by atoms with Gasteiger partial charge in [-0.15, -0.1) is 0 Å². The Kier molecular flexibility index (Phi) is 10.5. The van der Waals surface area contributed by atoms with Crippen LogP contribution < -0.4 is 5.73 Å². The number of nitrogens with two attached hydrogens (primary N) is 1. The number of hydrogen-bond acceptors (Lipinski definition) is 1. The quantitative estimate of drug-likeness (QED) is 0.0612. The van der Waals surface area contributed by atoms with Crippen molar-refractivity contribution in [1.82, 2.24) is 0 Å². The molecule has 57 heavy (non-hydrogen) atoms. The molecule has 0 fully saturated rings. The van der Waals surface area contributed by atoms with E-state index in [1.807, 2.05) is 18.2 Å². The SMILES string of the molecule is C=C/C=C\C1=C(C)c2ccccc2C1(C/C=C(\N=C(N)C1=CCCC=C1)c1ccccc1)c1c2ccccc2c(-c2ccc(/C=C\C)c(C=C)c2)c2ccccc12. The van der Waals surface area contributed by atoms with Gasteiger partial charge in [-0.2, -0.15) is 0 Å². The third-order valence-corrected chi connectivity index (χ3v) is 11.6. The van der Waals surface area contributed by atoms with E-state index in [1.165, 1.54) is 60.5 Å². The molecule has 0 spiro atoms. The summed E-state index contributed by atoms with van der Waals surface area (Å²) in [4.78, 5) is 5.21. The van der Waals surface area contributed by atoms with Crippen LogP contribution in [0.4, 0.5) is 0 Å². The molecule has 0 saturated heterocycles. The predicted molar refractivity (Wildman–Crippen MR) is 248 cm³/mol. The molecule has 6 aromatic rings. The number of amidine groups is 1. The first kappa shape index (κ1) is 37.2. The standard InChI is InChI=1S/C55H48N2/c1-5-8-31-49-38(4)44-26-19-20-32-50(44)55(49,36-35-51(41-22-11-9-12-23-41)57-54(56)42-24-13-10-14-25-42)53-47-29-17-15-27-45(47)52(46-28-16-18-30-48(46)53)43-34-33-40(21-6-2)39(7-3)37-43/h5-9,11-13,15-35,37H,1,3,10,14,36H2,2,4H3,(H2,56,57)/b21-6-,31-8-,51-35-. The summed E-state index contributed by atoms with van der Waals surface area (Å²) >= 11 is 0. The number of aliphatic imine (C=N–C) groups is 1. The minimum atomic E-state index is -0.603. The van der Waals surface area contributed by atoms with Gasteiger partial charge in [-0.05, 0) is 116 Å². The van der Waals surface area contributed by atoms with Gasteiger partial charge >= 0.3 is 0 Å². The average molecular weight is 737 g/mol. The number of nitrogens with zero attached hydrogens (tertiary/aromatic N) is 1. The number of rotatable bonds is 11. The normalized spacial score (nSPS) is 17.2. The summed E-state index contributed by atoms with van der Waals surface area (Å²) in [6, 6.07) is 44.0. The van der Waals surface area contributed by atoms with E-state index in [0.29, 0.717) is 12.3 Å². The zero-order chi connectivity index (χ0) is 39.4. The monoisotopic (exact) mass is 736 g/mol. The van der Waals surface area contributed by atoms with E-state index in [9.17, 15) is 0 Å². The van der Waals surface area contributed by atoms with E-state index in [1.54, 1.807) is 0 Å². The van der Waals surface area contributed by atoms with Crippen molar-refractivity contribution in [1.29, 1.82) is 0 Å². The number of allylic oxidation sites excluding steroid dienone is 9. The lowest BCUT2D eigenvalue weighted by Gasteiger charge is -2.36. The van der Waals surface area contributed by atoms with Crippen LogP contribution in [-0.4, -0.2) is 5.84 Å². The highest BCUT2D eigenvalue weighted by atomic mass is 14.9. The Morgan fingerprint density at radius 2 is 1.46 bits per heavy atom. The second-order valence-corrected chi connectivity index (χ2v) is 14.8. The fourth-order valence-electron chi connectivity index (χ4n) is 9.04. The minimum absolute atomic E-state index is 0.528. The van der Waals surface area contributed by atoms with Gasteiger partial charge in [0.25, 0.3) is 0 Å². The molecule has 2 aliphatic rings. The third kappa shape index (κ3) is 6.68. The molecule has 2 nitrogen and oxygen atoms in total. The second kappa shape index (κ2) is 16.1. The Morgan fingerprint density at radius 1 is 0.772 bits per heavy atom. The zero-order valence-electron chi connectivity index (χ0n) is 32.9. The molecule has 2 aliphatic carbocycles. The molecule has 0 aliphatic heterocycles. The molecular formula is C55H48N2. The Bertz CT molecular complexity index is 2710. The predicted octanol–water partition coefficient (Wildman–Crippen LogP) is 14.2. The highest BCUT2D eigenvalue weighted by molar-refractivity contribution is 6.17. The maximum atomic E-state index is 6.82. The van der Waals surface area contributed by atoms with Crippen molar-refractivity contribution in [2.45, 2.75) is 38.5 Å². The molecule has 8 rings (SSSR count). The Labute approximate surface area is 337 Å². The van der Waals surface area contributed by atoms with E-state index in [0.717, 1.165) is 40.8 Å². The van der Waals surface area contributed by atoms with Crippen LogP contribution in [0.25, 0.3) is 56.1 Å².